The van der Waals surface area contributed by atoms with E-state index in [0.717, 1.165) is 0 Å². The molecule has 2 aromatic heterocycles. The molecule has 0 radical (unpaired) electrons. The van der Waals surface area contributed by atoms with Gasteiger partial charge in [0.15, 0.2) is 0 Å². The lowest BCUT2D eigenvalue weighted by Crippen LogP contribution is -2.16. The summed E-state index contributed by atoms with van der Waals surface area (Å²) in [5.74, 6) is -0.384. The van der Waals surface area contributed by atoms with Crippen LogP contribution in [0, 0.1) is 0 Å². The molecule has 0 aliphatic carbocycles. The summed E-state index contributed by atoms with van der Waals surface area (Å²) in [6.45, 7) is 1.97. The molecule has 0 saturated heterocycles. The highest BCUT2D eigenvalue weighted by Gasteiger charge is 2.31. The van der Waals surface area contributed by atoms with E-state index in [9.17, 15) is 18.0 Å². The summed E-state index contributed by atoms with van der Waals surface area (Å²) < 4.78 is 51.2. The molecule has 0 aliphatic rings. The lowest BCUT2D eigenvalue weighted by atomic mass is 10.1. The van der Waals surface area contributed by atoms with Gasteiger partial charge in [-0.15, -0.1) is 13.2 Å². The summed E-state index contributed by atoms with van der Waals surface area (Å²) in [6.07, 6.45) is 1.11. The van der Waals surface area contributed by atoms with Gasteiger partial charge in [0.25, 0.3) is 0 Å². The molecule has 0 bridgehead atoms. The van der Waals surface area contributed by atoms with E-state index < -0.39 is 12.3 Å². The smallest absolute Gasteiger partial charge is 0.463 e. The number of aromatic nitrogens is 1. The summed E-state index contributed by atoms with van der Waals surface area (Å²) in [6, 6.07) is 7.09. The minimum Gasteiger partial charge on any atom is -0.463 e. The van der Waals surface area contributed by atoms with Gasteiger partial charge in [-0.1, -0.05) is 12.1 Å². The van der Waals surface area contributed by atoms with Crippen molar-refractivity contribution in [2.45, 2.75) is 13.3 Å². The minimum absolute atomic E-state index is 0.269. The normalized spacial score (nSPS) is 11.9. The number of fused-ring (bicyclic) bond motifs is 1. The number of carbonyl (C=O) groups is 1. The average molecular weight is 377 g/mol. The Labute approximate surface area is 152 Å². The second kappa shape index (κ2) is 7.53. The molecule has 0 amide bonds. The van der Waals surface area contributed by atoms with Crippen molar-refractivity contribution in [2.24, 2.45) is 0 Å². The van der Waals surface area contributed by atoms with Crippen LogP contribution in [0.15, 0.2) is 53.2 Å². The second-order valence-corrected chi connectivity index (χ2v) is 5.41. The standard InChI is InChI=1S/C19H14F3NO4/c1-2-25-17(24)8-7-15-9-13-10-23-11-16(18(13)26-15)12-3-5-14(6-4-12)27-19(20,21)22/h3-11H,2H2,1H3/b8-7+. The second-order valence-electron chi connectivity index (χ2n) is 5.41. The van der Waals surface area contributed by atoms with E-state index in [0.29, 0.717) is 27.9 Å². The fraction of sp³-hybridized carbons (Fsp3) is 0.158. The van der Waals surface area contributed by atoms with Crippen LogP contribution < -0.4 is 4.74 Å². The number of pyridine rings is 1. The summed E-state index contributed by atoms with van der Waals surface area (Å²) >= 11 is 0. The van der Waals surface area contributed by atoms with Crippen LogP contribution in [0.5, 0.6) is 5.75 Å². The summed E-state index contributed by atoms with van der Waals surface area (Å²) in [5, 5.41) is 0.687. The maximum absolute atomic E-state index is 12.3. The van der Waals surface area contributed by atoms with Gasteiger partial charge in [0.1, 0.15) is 17.1 Å². The molecule has 0 aliphatic heterocycles. The Morgan fingerprint density at radius 1 is 1.22 bits per heavy atom. The van der Waals surface area contributed by atoms with Gasteiger partial charge in [-0.2, -0.15) is 0 Å². The van der Waals surface area contributed by atoms with Crippen LogP contribution in [-0.2, 0) is 9.53 Å². The minimum atomic E-state index is -4.75. The van der Waals surface area contributed by atoms with Crippen molar-refractivity contribution in [3.8, 4) is 16.9 Å². The van der Waals surface area contributed by atoms with E-state index in [-0.39, 0.29) is 12.4 Å². The number of hydrogen-bond donors (Lipinski definition) is 0. The fourth-order valence-corrected chi connectivity index (χ4v) is 2.45. The Balaban J connectivity index is 1.90. The third-order valence-corrected chi connectivity index (χ3v) is 3.51. The predicted molar refractivity (Wildman–Crippen MR) is 91.8 cm³/mol. The molecule has 3 rings (SSSR count). The Hall–Kier alpha value is -3.29. The number of nitrogens with zero attached hydrogens (tertiary/aromatic N) is 1. The third-order valence-electron chi connectivity index (χ3n) is 3.51. The number of rotatable bonds is 5. The molecule has 1 aromatic carbocycles. The zero-order chi connectivity index (χ0) is 19.4. The van der Waals surface area contributed by atoms with Crippen molar-refractivity contribution in [3.05, 3.63) is 54.6 Å². The van der Waals surface area contributed by atoms with E-state index >= 15 is 0 Å². The van der Waals surface area contributed by atoms with Crippen LogP contribution >= 0.6 is 0 Å². The summed E-state index contributed by atoms with van der Waals surface area (Å²) in [4.78, 5) is 15.5. The van der Waals surface area contributed by atoms with Crippen LogP contribution in [0.25, 0.3) is 28.2 Å². The first kappa shape index (κ1) is 18.5. The highest BCUT2D eigenvalue weighted by molar-refractivity contribution is 5.93. The van der Waals surface area contributed by atoms with Gasteiger partial charge in [-0.25, -0.2) is 4.79 Å². The number of hydrogen-bond acceptors (Lipinski definition) is 5. The zero-order valence-electron chi connectivity index (χ0n) is 14.1. The van der Waals surface area contributed by atoms with Crippen LogP contribution in [-0.4, -0.2) is 23.9 Å². The van der Waals surface area contributed by atoms with Gasteiger partial charge < -0.3 is 13.9 Å². The van der Waals surface area contributed by atoms with Crippen molar-refractivity contribution >= 4 is 23.0 Å². The largest absolute Gasteiger partial charge is 0.573 e. The van der Waals surface area contributed by atoms with Crippen molar-refractivity contribution in [3.63, 3.8) is 0 Å². The molecule has 0 spiro atoms. The molecule has 0 atom stereocenters. The molecule has 0 saturated carbocycles. The molecule has 0 N–H and O–H groups in total. The SMILES string of the molecule is CCOC(=O)/C=C/c1cc2cncc(-c3ccc(OC(F)(F)F)cc3)c2o1. The maximum atomic E-state index is 12.3. The molecule has 0 fully saturated rings. The molecule has 0 unspecified atom stereocenters. The first-order valence-electron chi connectivity index (χ1n) is 7.94. The van der Waals surface area contributed by atoms with E-state index in [1.54, 1.807) is 25.4 Å². The van der Waals surface area contributed by atoms with E-state index in [1.165, 1.54) is 36.4 Å². The maximum Gasteiger partial charge on any atom is 0.573 e. The molecular weight excluding hydrogens is 363 g/mol. The Kier molecular flexibility index (Phi) is 5.16. The zero-order valence-corrected chi connectivity index (χ0v) is 14.1. The van der Waals surface area contributed by atoms with E-state index in [4.69, 9.17) is 9.15 Å². The number of esters is 1. The lowest BCUT2D eigenvalue weighted by molar-refractivity contribution is -0.274. The number of alkyl halides is 3. The highest BCUT2D eigenvalue weighted by atomic mass is 19.4. The summed E-state index contributed by atoms with van der Waals surface area (Å²) in [7, 11) is 0. The lowest BCUT2D eigenvalue weighted by Gasteiger charge is -2.09. The van der Waals surface area contributed by atoms with Crippen LogP contribution in [0.1, 0.15) is 12.7 Å². The van der Waals surface area contributed by atoms with Crippen molar-refractivity contribution in [2.75, 3.05) is 6.61 Å². The first-order chi connectivity index (χ1) is 12.9. The molecule has 8 heteroatoms. The third kappa shape index (κ3) is 4.66. The Morgan fingerprint density at radius 3 is 2.63 bits per heavy atom. The topological polar surface area (TPSA) is 61.6 Å². The number of carbonyl (C=O) groups excluding carboxylic acids is 1. The molecule has 2 heterocycles. The number of ether oxygens (including phenoxy) is 2. The van der Waals surface area contributed by atoms with Crippen molar-refractivity contribution < 1.29 is 31.9 Å². The Morgan fingerprint density at radius 2 is 1.96 bits per heavy atom. The van der Waals surface area contributed by atoms with Gasteiger partial charge >= 0.3 is 12.3 Å². The monoisotopic (exact) mass is 377 g/mol. The number of furan rings is 1. The molecular formula is C19H14F3NO4. The van der Waals surface area contributed by atoms with E-state index in [1.807, 2.05) is 0 Å². The summed E-state index contributed by atoms with van der Waals surface area (Å²) in [5.41, 5.74) is 1.71. The number of halogens is 3. The highest BCUT2D eigenvalue weighted by Crippen LogP contribution is 2.32. The molecule has 5 nitrogen and oxygen atoms in total. The number of benzene rings is 1. The molecule has 140 valence electrons. The van der Waals surface area contributed by atoms with Gasteiger partial charge in [-0.05, 0) is 36.8 Å². The molecule has 3 aromatic rings. The first-order valence-corrected chi connectivity index (χ1v) is 7.94. The predicted octanol–water partition coefficient (Wildman–Crippen LogP) is 4.97. The van der Waals surface area contributed by atoms with Crippen molar-refractivity contribution in [1.82, 2.24) is 4.98 Å². The molecule has 27 heavy (non-hydrogen) atoms. The quantitative estimate of drug-likeness (QED) is 0.464. The van der Waals surface area contributed by atoms with Crippen molar-refractivity contribution in [1.29, 1.82) is 0 Å². The fourth-order valence-electron chi connectivity index (χ4n) is 2.45. The van der Waals surface area contributed by atoms with Crippen LogP contribution in [0.3, 0.4) is 0 Å². The van der Waals surface area contributed by atoms with Gasteiger partial charge in [0, 0.05) is 29.4 Å². The van der Waals surface area contributed by atoms with Gasteiger partial charge in [-0.3, -0.25) is 4.98 Å². The van der Waals surface area contributed by atoms with E-state index in [2.05, 4.69) is 9.72 Å². The average Bonchev–Trinajstić information content (AvgIpc) is 3.03. The Bertz CT molecular complexity index is 975. The van der Waals surface area contributed by atoms with Crippen LogP contribution in [0.2, 0.25) is 0 Å². The van der Waals surface area contributed by atoms with Gasteiger partial charge in [0.05, 0.1) is 6.61 Å². The van der Waals surface area contributed by atoms with Crippen LogP contribution in [0.4, 0.5) is 13.2 Å². The van der Waals surface area contributed by atoms with Gasteiger partial charge in [0.2, 0.25) is 0 Å².